The molecule has 2 aromatic heterocycles. The molecule has 0 aliphatic carbocycles. The van der Waals surface area contributed by atoms with Crippen molar-refractivity contribution in [3.8, 4) is 0 Å². The lowest BCUT2D eigenvalue weighted by atomic mass is 10.0. The Bertz CT molecular complexity index is 1360. The van der Waals surface area contributed by atoms with Crippen LogP contribution >= 0.6 is 0 Å². The van der Waals surface area contributed by atoms with Gasteiger partial charge < -0.3 is 14.2 Å². The Balaban J connectivity index is 1.48. The first-order valence-electron chi connectivity index (χ1n) is 9.60. The van der Waals surface area contributed by atoms with Gasteiger partial charge in [-0.05, 0) is 29.8 Å². The number of carbonyl (C=O) groups excluding carboxylic acids is 1. The molecule has 6 heteroatoms. The van der Waals surface area contributed by atoms with Crippen LogP contribution in [0.5, 0.6) is 0 Å². The summed E-state index contributed by atoms with van der Waals surface area (Å²) in [4.78, 5) is 25.1. The quantitative estimate of drug-likeness (QED) is 0.480. The second-order valence-corrected chi connectivity index (χ2v) is 7.02. The van der Waals surface area contributed by atoms with E-state index in [0.29, 0.717) is 16.9 Å². The SMILES string of the molecule is O=C(Cn1c(=O)oc2ccccc21)NC(c1ccccc1)c1cc2ccccc2o1. The Hall–Kier alpha value is -4.06. The molecule has 3 aromatic carbocycles. The van der Waals surface area contributed by atoms with Crippen molar-refractivity contribution in [1.29, 1.82) is 0 Å². The van der Waals surface area contributed by atoms with Gasteiger partial charge in [-0.15, -0.1) is 0 Å². The van der Waals surface area contributed by atoms with Crippen LogP contribution in [0, 0.1) is 0 Å². The molecule has 6 nitrogen and oxygen atoms in total. The van der Waals surface area contributed by atoms with E-state index in [-0.39, 0.29) is 12.5 Å². The molecule has 2 heterocycles. The summed E-state index contributed by atoms with van der Waals surface area (Å²) in [6.07, 6.45) is 0. The van der Waals surface area contributed by atoms with Crippen LogP contribution in [0.3, 0.4) is 0 Å². The molecule has 1 unspecified atom stereocenters. The largest absolute Gasteiger partial charge is 0.459 e. The molecule has 1 N–H and O–H groups in total. The van der Waals surface area contributed by atoms with Crippen molar-refractivity contribution in [2.24, 2.45) is 0 Å². The lowest BCUT2D eigenvalue weighted by Gasteiger charge is -2.17. The second kappa shape index (κ2) is 7.40. The number of hydrogen-bond acceptors (Lipinski definition) is 4. The fraction of sp³-hybridized carbons (Fsp3) is 0.0833. The molecule has 0 fully saturated rings. The Kier molecular flexibility index (Phi) is 4.44. The predicted octanol–water partition coefficient (Wildman–Crippen LogP) is 4.25. The molecular weight excluding hydrogens is 380 g/mol. The zero-order valence-corrected chi connectivity index (χ0v) is 15.9. The van der Waals surface area contributed by atoms with Gasteiger partial charge in [0.1, 0.15) is 23.9 Å². The minimum Gasteiger partial charge on any atom is -0.459 e. The lowest BCUT2D eigenvalue weighted by molar-refractivity contribution is -0.122. The van der Waals surface area contributed by atoms with Gasteiger partial charge in [-0.25, -0.2) is 4.79 Å². The summed E-state index contributed by atoms with van der Waals surface area (Å²) in [6.45, 7) is -0.153. The van der Waals surface area contributed by atoms with Gasteiger partial charge in [0.25, 0.3) is 0 Å². The topological polar surface area (TPSA) is 77.4 Å². The highest BCUT2D eigenvalue weighted by atomic mass is 16.4. The van der Waals surface area contributed by atoms with Crippen molar-refractivity contribution in [2.75, 3.05) is 0 Å². The van der Waals surface area contributed by atoms with Gasteiger partial charge in [0.2, 0.25) is 5.91 Å². The number of nitrogens with zero attached hydrogens (tertiary/aromatic N) is 1. The van der Waals surface area contributed by atoms with Gasteiger partial charge in [0.15, 0.2) is 5.58 Å². The van der Waals surface area contributed by atoms with Gasteiger partial charge >= 0.3 is 5.76 Å². The molecule has 30 heavy (non-hydrogen) atoms. The van der Waals surface area contributed by atoms with Gasteiger partial charge in [-0.3, -0.25) is 9.36 Å². The van der Waals surface area contributed by atoms with E-state index in [0.717, 1.165) is 16.5 Å². The number of nitrogens with one attached hydrogen (secondary N) is 1. The van der Waals surface area contributed by atoms with Crippen molar-refractivity contribution in [1.82, 2.24) is 9.88 Å². The van der Waals surface area contributed by atoms with E-state index < -0.39 is 11.8 Å². The Morgan fingerprint density at radius 2 is 1.57 bits per heavy atom. The Labute approximate surface area is 171 Å². The lowest BCUT2D eigenvalue weighted by Crippen LogP contribution is -2.34. The number of oxazole rings is 1. The van der Waals surface area contributed by atoms with Crippen LogP contribution in [0.1, 0.15) is 17.4 Å². The van der Waals surface area contributed by atoms with Crippen molar-refractivity contribution >= 4 is 28.0 Å². The first-order chi connectivity index (χ1) is 14.7. The van der Waals surface area contributed by atoms with Gasteiger partial charge in [-0.1, -0.05) is 60.7 Å². The summed E-state index contributed by atoms with van der Waals surface area (Å²) in [5.41, 5.74) is 2.67. The maximum absolute atomic E-state index is 12.9. The molecule has 0 radical (unpaired) electrons. The van der Waals surface area contributed by atoms with Crippen LogP contribution in [0.15, 0.2) is 98.6 Å². The molecule has 0 saturated carbocycles. The summed E-state index contributed by atoms with van der Waals surface area (Å²) in [7, 11) is 0. The third kappa shape index (κ3) is 3.28. The first-order valence-corrected chi connectivity index (χ1v) is 9.60. The first kappa shape index (κ1) is 18.0. The van der Waals surface area contributed by atoms with E-state index in [9.17, 15) is 9.59 Å². The third-order valence-corrected chi connectivity index (χ3v) is 5.04. The number of furan rings is 1. The number of hydrogen-bond donors (Lipinski definition) is 1. The Morgan fingerprint density at radius 3 is 2.37 bits per heavy atom. The highest BCUT2D eigenvalue weighted by molar-refractivity contribution is 5.81. The molecule has 5 aromatic rings. The van der Waals surface area contributed by atoms with Crippen molar-refractivity contribution < 1.29 is 13.6 Å². The summed E-state index contributed by atoms with van der Waals surface area (Å²) in [6, 6.07) is 25.7. The summed E-state index contributed by atoms with van der Waals surface area (Å²) in [5.74, 6) is -0.260. The highest BCUT2D eigenvalue weighted by Gasteiger charge is 2.22. The van der Waals surface area contributed by atoms with Gasteiger partial charge in [-0.2, -0.15) is 0 Å². The number of carbonyl (C=O) groups is 1. The van der Waals surface area contributed by atoms with Crippen LogP contribution in [0.25, 0.3) is 22.1 Å². The third-order valence-electron chi connectivity index (χ3n) is 5.04. The number of aromatic nitrogens is 1. The minimum absolute atomic E-state index is 0.153. The molecule has 0 aliphatic rings. The smallest absolute Gasteiger partial charge is 0.420 e. The highest BCUT2D eigenvalue weighted by Crippen LogP contribution is 2.28. The van der Waals surface area contributed by atoms with E-state index in [1.807, 2.05) is 60.7 Å². The molecule has 5 rings (SSSR count). The predicted molar refractivity (Wildman–Crippen MR) is 113 cm³/mol. The molecule has 0 spiro atoms. The second-order valence-electron chi connectivity index (χ2n) is 7.02. The van der Waals surface area contributed by atoms with E-state index in [2.05, 4.69) is 5.32 Å². The average molecular weight is 398 g/mol. The van der Waals surface area contributed by atoms with Crippen LogP contribution in [-0.4, -0.2) is 10.5 Å². The molecule has 0 saturated heterocycles. The van der Waals surface area contributed by atoms with Crippen LogP contribution < -0.4 is 11.1 Å². The number of benzene rings is 3. The molecule has 148 valence electrons. The zero-order valence-electron chi connectivity index (χ0n) is 15.9. The van der Waals surface area contributed by atoms with Crippen molar-refractivity contribution in [3.05, 3.63) is 107 Å². The number of rotatable bonds is 5. The summed E-state index contributed by atoms with van der Waals surface area (Å²) < 4.78 is 12.6. The van der Waals surface area contributed by atoms with E-state index in [1.54, 1.807) is 24.3 Å². The minimum atomic E-state index is -0.564. The Morgan fingerprint density at radius 1 is 0.867 bits per heavy atom. The number of fused-ring (bicyclic) bond motifs is 2. The molecule has 1 atom stereocenters. The van der Waals surface area contributed by atoms with Crippen molar-refractivity contribution in [3.63, 3.8) is 0 Å². The zero-order chi connectivity index (χ0) is 20.5. The van der Waals surface area contributed by atoms with Crippen molar-refractivity contribution in [2.45, 2.75) is 12.6 Å². The fourth-order valence-corrected chi connectivity index (χ4v) is 3.62. The average Bonchev–Trinajstić information content (AvgIpc) is 3.33. The summed E-state index contributed by atoms with van der Waals surface area (Å²) >= 11 is 0. The van der Waals surface area contributed by atoms with Crippen LogP contribution in [-0.2, 0) is 11.3 Å². The molecule has 0 aliphatic heterocycles. The standard InChI is InChI=1S/C24H18N2O4/c27-22(15-26-18-11-5-7-13-20(18)30-24(26)28)25-23(16-8-2-1-3-9-16)21-14-17-10-4-6-12-19(17)29-21/h1-14,23H,15H2,(H,25,27). The van der Waals surface area contributed by atoms with E-state index >= 15 is 0 Å². The van der Waals surface area contributed by atoms with E-state index in [1.165, 1.54) is 4.57 Å². The molecule has 0 bridgehead atoms. The fourth-order valence-electron chi connectivity index (χ4n) is 3.62. The number of para-hydroxylation sites is 3. The summed E-state index contributed by atoms with van der Waals surface area (Å²) in [5, 5.41) is 3.96. The van der Waals surface area contributed by atoms with Crippen LogP contribution in [0.4, 0.5) is 0 Å². The number of amides is 1. The monoisotopic (exact) mass is 398 g/mol. The molecular formula is C24H18N2O4. The molecule has 1 amide bonds. The maximum Gasteiger partial charge on any atom is 0.420 e. The van der Waals surface area contributed by atoms with Gasteiger partial charge in [0.05, 0.1) is 5.52 Å². The van der Waals surface area contributed by atoms with Crippen LogP contribution in [0.2, 0.25) is 0 Å². The van der Waals surface area contributed by atoms with Gasteiger partial charge in [0, 0.05) is 5.39 Å². The van der Waals surface area contributed by atoms with E-state index in [4.69, 9.17) is 8.83 Å². The normalized spacial score (nSPS) is 12.3. The maximum atomic E-state index is 12.9.